The van der Waals surface area contributed by atoms with Gasteiger partial charge in [-0.15, -0.1) is 0 Å². The first-order valence-electron chi connectivity index (χ1n) is 7.71. The Morgan fingerprint density at radius 3 is 3.18 bits per heavy atom. The molecule has 2 aliphatic heterocycles. The number of hydrogen-bond donors (Lipinski definition) is 0. The molecule has 2 saturated heterocycles. The maximum Gasteiger partial charge on any atom is 0.248 e. The molecule has 0 unspecified atom stereocenters. The number of carbonyl (C=O) groups excluding carboxylic acids is 1. The molecule has 1 aromatic rings. The van der Waals surface area contributed by atoms with E-state index in [4.69, 9.17) is 14.2 Å². The van der Waals surface area contributed by atoms with Crippen molar-refractivity contribution in [1.29, 1.82) is 0 Å². The SMILES string of the molecule is COCC(=O)N1C[C@@H](OCc2ccccn2)[C@H]2OCCC[C@H]21. The zero-order valence-electron chi connectivity index (χ0n) is 12.8. The lowest BCUT2D eigenvalue weighted by atomic mass is 10.0. The molecule has 22 heavy (non-hydrogen) atoms. The molecule has 1 amide bonds. The van der Waals surface area contributed by atoms with Crippen LogP contribution in [0.2, 0.25) is 0 Å². The fourth-order valence-corrected chi connectivity index (χ4v) is 3.23. The highest BCUT2D eigenvalue weighted by Crippen LogP contribution is 2.31. The van der Waals surface area contributed by atoms with Gasteiger partial charge in [-0.3, -0.25) is 9.78 Å². The zero-order valence-corrected chi connectivity index (χ0v) is 12.8. The van der Waals surface area contributed by atoms with Gasteiger partial charge in [0.05, 0.1) is 18.3 Å². The highest BCUT2D eigenvalue weighted by molar-refractivity contribution is 5.78. The summed E-state index contributed by atoms with van der Waals surface area (Å²) in [4.78, 5) is 18.3. The number of methoxy groups -OCH3 is 1. The first-order chi connectivity index (χ1) is 10.8. The van der Waals surface area contributed by atoms with Gasteiger partial charge in [0.1, 0.15) is 18.8 Å². The van der Waals surface area contributed by atoms with Gasteiger partial charge in [0.25, 0.3) is 0 Å². The first-order valence-corrected chi connectivity index (χ1v) is 7.71. The standard InChI is InChI=1S/C16H22N2O4/c1-20-11-15(19)18-9-14(16-13(18)6-4-8-21-16)22-10-12-5-2-3-7-17-12/h2-3,5,7,13-14,16H,4,6,8-11H2,1H3/t13-,14-,16+/m1/s1. The fraction of sp³-hybridized carbons (Fsp3) is 0.625. The van der Waals surface area contributed by atoms with Crippen molar-refractivity contribution in [2.24, 2.45) is 0 Å². The van der Waals surface area contributed by atoms with Crippen LogP contribution >= 0.6 is 0 Å². The van der Waals surface area contributed by atoms with Gasteiger partial charge in [0, 0.05) is 26.5 Å². The summed E-state index contributed by atoms with van der Waals surface area (Å²) in [6.07, 6.45) is 3.54. The molecule has 2 aliphatic rings. The lowest BCUT2D eigenvalue weighted by Crippen LogP contribution is -2.44. The van der Waals surface area contributed by atoms with E-state index in [1.54, 1.807) is 6.20 Å². The molecule has 0 radical (unpaired) electrons. The minimum atomic E-state index is -0.104. The molecule has 2 fully saturated rings. The average molecular weight is 306 g/mol. The Balaban J connectivity index is 1.64. The monoisotopic (exact) mass is 306 g/mol. The zero-order chi connectivity index (χ0) is 15.4. The number of amides is 1. The summed E-state index contributed by atoms with van der Waals surface area (Å²) >= 11 is 0. The number of nitrogens with zero attached hydrogens (tertiary/aromatic N) is 2. The molecule has 0 bridgehead atoms. The topological polar surface area (TPSA) is 60.9 Å². The summed E-state index contributed by atoms with van der Waals surface area (Å²) in [5.41, 5.74) is 0.886. The van der Waals surface area contributed by atoms with Crippen molar-refractivity contribution < 1.29 is 19.0 Å². The minimum absolute atomic E-state index is 0.00642. The average Bonchev–Trinajstić information content (AvgIpc) is 2.93. The van der Waals surface area contributed by atoms with E-state index in [0.717, 1.165) is 25.1 Å². The van der Waals surface area contributed by atoms with Crippen LogP contribution in [0.1, 0.15) is 18.5 Å². The van der Waals surface area contributed by atoms with Crippen LogP contribution in [0.15, 0.2) is 24.4 Å². The van der Waals surface area contributed by atoms with Crippen LogP contribution in [-0.4, -0.2) is 60.9 Å². The maximum atomic E-state index is 12.2. The molecule has 3 heterocycles. The highest BCUT2D eigenvalue weighted by Gasteiger charge is 2.46. The van der Waals surface area contributed by atoms with Crippen molar-refractivity contribution in [3.63, 3.8) is 0 Å². The van der Waals surface area contributed by atoms with Gasteiger partial charge in [-0.1, -0.05) is 6.07 Å². The van der Waals surface area contributed by atoms with E-state index in [-0.39, 0.29) is 30.8 Å². The van der Waals surface area contributed by atoms with Gasteiger partial charge >= 0.3 is 0 Å². The lowest BCUT2D eigenvalue weighted by molar-refractivity contribution is -0.138. The summed E-state index contributed by atoms with van der Waals surface area (Å²) in [5.74, 6) is 0.00642. The Morgan fingerprint density at radius 1 is 1.50 bits per heavy atom. The largest absolute Gasteiger partial charge is 0.375 e. The van der Waals surface area contributed by atoms with Gasteiger partial charge < -0.3 is 19.1 Å². The number of rotatable bonds is 5. The molecule has 1 aromatic heterocycles. The van der Waals surface area contributed by atoms with Gasteiger partial charge in [0.2, 0.25) is 5.91 Å². The number of pyridine rings is 1. The second-order valence-corrected chi connectivity index (χ2v) is 5.69. The number of ether oxygens (including phenoxy) is 3. The number of likely N-dealkylation sites (tertiary alicyclic amines) is 1. The van der Waals surface area contributed by atoms with E-state index in [9.17, 15) is 4.79 Å². The van der Waals surface area contributed by atoms with Crippen molar-refractivity contribution in [2.75, 3.05) is 26.9 Å². The summed E-state index contributed by atoms with van der Waals surface area (Å²) in [6.45, 7) is 1.84. The second kappa shape index (κ2) is 7.17. The molecule has 0 aromatic carbocycles. The molecule has 6 heteroatoms. The van der Waals surface area contributed by atoms with E-state index in [2.05, 4.69) is 4.98 Å². The van der Waals surface area contributed by atoms with Crippen molar-refractivity contribution >= 4 is 5.91 Å². The highest BCUT2D eigenvalue weighted by atomic mass is 16.5. The van der Waals surface area contributed by atoms with Gasteiger partial charge in [0.15, 0.2) is 0 Å². The van der Waals surface area contributed by atoms with Gasteiger partial charge in [-0.05, 0) is 25.0 Å². The number of fused-ring (bicyclic) bond motifs is 1. The number of aromatic nitrogens is 1. The van der Waals surface area contributed by atoms with Gasteiger partial charge in [-0.2, -0.15) is 0 Å². The quantitative estimate of drug-likeness (QED) is 0.812. The Bertz CT molecular complexity index is 496. The summed E-state index contributed by atoms with van der Waals surface area (Å²) < 4.78 is 16.9. The third kappa shape index (κ3) is 3.29. The van der Waals surface area contributed by atoms with Gasteiger partial charge in [-0.25, -0.2) is 0 Å². The molecule has 3 atom stereocenters. The minimum Gasteiger partial charge on any atom is -0.375 e. The van der Waals surface area contributed by atoms with Crippen LogP contribution in [0.3, 0.4) is 0 Å². The third-order valence-electron chi connectivity index (χ3n) is 4.24. The first kappa shape index (κ1) is 15.4. The molecule has 3 rings (SSSR count). The summed E-state index contributed by atoms with van der Waals surface area (Å²) in [6, 6.07) is 5.85. The normalized spacial score (nSPS) is 27.7. The molecular formula is C16H22N2O4. The number of carbonyl (C=O) groups is 1. The number of hydrogen-bond acceptors (Lipinski definition) is 5. The second-order valence-electron chi connectivity index (χ2n) is 5.69. The van der Waals surface area contributed by atoms with Crippen molar-refractivity contribution in [1.82, 2.24) is 9.88 Å². The fourth-order valence-electron chi connectivity index (χ4n) is 3.23. The van der Waals surface area contributed by atoms with Crippen molar-refractivity contribution in [3.8, 4) is 0 Å². The summed E-state index contributed by atoms with van der Waals surface area (Å²) in [5, 5.41) is 0. The Hall–Kier alpha value is -1.50. The van der Waals surface area contributed by atoms with Crippen LogP contribution in [0.5, 0.6) is 0 Å². The van der Waals surface area contributed by atoms with Crippen LogP contribution < -0.4 is 0 Å². The van der Waals surface area contributed by atoms with Crippen LogP contribution in [0.25, 0.3) is 0 Å². The van der Waals surface area contributed by atoms with E-state index in [0.29, 0.717) is 13.2 Å². The van der Waals surface area contributed by atoms with Crippen molar-refractivity contribution in [3.05, 3.63) is 30.1 Å². The molecule has 0 N–H and O–H groups in total. The van der Waals surface area contributed by atoms with Crippen LogP contribution in [0, 0.1) is 0 Å². The van der Waals surface area contributed by atoms with Crippen molar-refractivity contribution in [2.45, 2.75) is 37.7 Å². The van der Waals surface area contributed by atoms with E-state index in [1.807, 2.05) is 23.1 Å². The summed E-state index contributed by atoms with van der Waals surface area (Å²) in [7, 11) is 1.54. The Labute approximate surface area is 130 Å². The van der Waals surface area contributed by atoms with E-state index >= 15 is 0 Å². The van der Waals surface area contributed by atoms with E-state index in [1.165, 1.54) is 7.11 Å². The predicted molar refractivity (Wildman–Crippen MR) is 79.2 cm³/mol. The lowest BCUT2D eigenvalue weighted by Gasteiger charge is -2.32. The molecule has 0 saturated carbocycles. The van der Waals surface area contributed by atoms with E-state index < -0.39 is 0 Å². The smallest absolute Gasteiger partial charge is 0.248 e. The van der Waals surface area contributed by atoms with Crippen LogP contribution in [0.4, 0.5) is 0 Å². The third-order valence-corrected chi connectivity index (χ3v) is 4.24. The molecule has 0 spiro atoms. The Kier molecular flexibility index (Phi) is 5.02. The molecule has 0 aliphatic carbocycles. The predicted octanol–water partition coefficient (Wildman–Crippen LogP) is 1.00. The van der Waals surface area contributed by atoms with Crippen LogP contribution in [-0.2, 0) is 25.6 Å². The molecular weight excluding hydrogens is 284 g/mol. The molecule has 120 valence electrons. The Morgan fingerprint density at radius 2 is 2.41 bits per heavy atom. The maximum absolute atomic E-state index is 12.2. The molecule has 6 nitrogen and oxygen atoms in total.